The van der Waals surface area contributed by atoms with Gasteiger partial charge in [-0.15, -0.1) is 0 Å². The van der Waals surface area contributed by atoms with E-state index in [1.165, 1.54) is 25.8 Å². The molecule has 0 aromatic heterocycles. The Morgan fingerprint density at radius 1 is 1.27 bits per heavy atom. The van der Waals surface area contributed by atoms with E-state index in [0.29, 0.717) is 10.8 Å². The van der Waals surface area contributed by atoms with E-state index in [1.54, 1.807) is 0 Å². The predicted octanol–water partition coefficient (Wildman–Crippen LogP) is 2.42. The van der Waals surface area contributed by atoms with E-state index in [1.807, 2.05) is 0 Å². The van der Waals surface area contributed by atoms with Gasteiger partial charge in [0.15, 0.2) is 0 Å². The van der Waals surface area contributed by atoms with Crippen LogP contribution in [0.15, 0.2) is 0 Å². The summed E-state index contributed by atoms with van der Waals surface area (Å²) in [6.07, 6.45) is 4.26. The van der Waals surface area contributed by atoms with Crippen molar-refractivity contribution in [1.29, 1.82) is 0 Å². The van der Waals surface area contributed by atoms with Gasteiger partial charge in [-0.1, -0.05) is 27.2 Å². The average Bonchev–Trinajstić information content (AvgIpc) is 1.75. The molecule has 0 heterocycles. The third-order valence-electron chi connectivity index (χ3n) is 3.42. The molecule has 1 aliphatic carbocycles. The maximum atomic E-state index is 3.32. The third-order valence-corrected chi connectivity index (χ3v) is 3.42. The molecule has 1 N–H and O–H groups in total. The van der Waals surface area contributed by atoms with Gasteiger partial charge in [-0.2, -0.15) is 0 Å². The van der Waals surface area contributed by atoms with Crippen LogP contribution in [0, 0.1) is 10.8 Å². The summed E-state index contributed by atoms with van der Waals surface area (Å²) in [6.45, 7) is 8.28. The van der Waals surface area contributed by atoms with Gasteiger partial charge >= 0.3 is 0 Å². The second kappa shape index (κ2) is 2.78. The second-order valence-corrected chi connectivity index (χ2v) is 4.91. The van der Waals surface area contributed by atoms with Crippen LogP contribution in [-0.2, 0) is 0 Å². The Morgan fingerprint density at radius 2 is 1.82 bits per heavy atom. The summed E-state index contributed by atoms with van der Waals surface area (Å²) >= 11 is 0. The molecule has 1 heteroatoms. The van der Waals surface area contributed by atoms with Crippen molar-refractivity contribution in [2.24, 2.45) is 10.8 Å². The normalized spacial score (nSPS) is 22.9. The summed E-state index contributed by atoms with van der Waals surface area (Å²) in [5.74, 6) is 0. The number of hydrogen-bond acceptors (Lipinski definition) is 1. The van der Waals surface area contributed by atoms with Crippen LogP contribution in [0.1, 0.15) is 40.0 Å². The summed E-state index contributed by atoms with van der Waals surface area (Å²) in [7, 11) is 2.06. The molecule has 0 aromatic carbocycles. The number of nitrogens with one attached hydrogen (secondary N) is 1. The fraction of sp³-hybridized carbons (Fsp3) is 1.00. The molecular weight excluding hydrogens is 134 g/mol. The molecule has 0 unspecified atom stereocenters. The van der Waals surface area contributed by atoms with Crippen LogP contribution < -0.4 is 5.32 Å². The highest BCUT2D eigenvalue weighted by Crippen LogP contribution is 2.52. The van der Waals surface area contributed by atoms with E-state index in [2.05, 4.69) is 33.1 Å². The first-order valence-electron chi connectivity index (χ1n) is 4.66. The van der Waals surface area contributed by atoms with Crippen molar-refractivity contribution >= 4 is 0 Å². The van der Waals surface area contributed by atoms with E-state index < -0.39 is 0 Å². The van der Waals surface area contributed by atoms with Gasteiger partial charge in [0.2, 0.25) is 0 Å². The molecule has 1 rings (SSSR count). The van der Waals surface area contributed by atoms with Crippen LogP contribution in [0.2, 0.25) is 0 Å². The lowest BCUT2D eigenvalue weighted by Crippen LogP contribution is -2.48. The van der Waals surface area contributed by atoms with E-state index in [9.17, 15) is 0 Å². The van der Waals surface area contributed by atoms with Crippen LogP contribution in [-0.4, -0.2) is 13.6 Å². The smallest absolute Gasteiger partial charge is 0.000982 e. The van der Waals surface area contributed by atoms with Crippen molar-refractivity contribution in [2.45, 2.75) is 40.0 Å². The molecule has 0 spiro atoms. The first-order chi connectivity index (χ1) is 5.02. The Morgan fingerprint density at radius 3 is 1.91 bits per heavy atom. The molecule has 0 aromatic rings. The maximum Gasteiger partial charge on any atom is 0.000982 e. The highest BCUT2D eigenvalue weighted by atomic mass is 14.8. The molecule has 0 bridgehead atoms. The van der Waals surface area contributed by atoms with Crippen molar-refractivity contribution in [3.63, 3.8) is 0 Å². The van der Waals surface area contributed by atoms with Gasteiger partial charge in [0, 0.05) is 6.54 Å². The van der Waals surface area contributed by atoms with E-state index >= 15 is 0 Å². The van der Waals surface area contributed by atoms with Gasteiger partial charge in [-0.05, 0) is 30.7 Å². The minimum absolute atomic E-state index is 0.480. The summed E-state index contributed by atoms with van der Waals surface area (Å²) in [5.41, 5.74) is 1.08. The number of rotatable bonds is 2. The molecule has 0 saturated heterocycles. The zero-order chi connectivity index (χ0) is 8.54. The van der Waals surface area contributed by atoms with Gasteiger partial charge in [0.1, 0.15) is 0 Å². The summed E-state index contributed by atoms with van der Waals surface area (Å²) < 4.78 is 0. The molecule has 0 atom stereocenters. The van der Waals surface area contributed by atoms with Gasteiger partial charge < -0.3 is 5.32 Å². The lowest BCUT2D eigenvalue weighted by atomic mass is 9.55. The van der Waals surface area contributed by atoms with Crippen LogP contribution in [0.5, 0.6) is 0 Å². The third kappa shape index (κ3) is 1.44. The monoisotopic (exact) mass is 155 g/mol. The van der Waals surface area contributed by atoms with E-state index in [-0.39, 0.29) is 0 Å². The minimum Gasteiger partial charge on any atom is -0.319 e. The number of hydrogen-bond donors (Lipinski definition) is 1. The van der Waals surface area contributed by atoms with E-state index in [4.69, 9.17) is 0 Å². The molecule has 0 amide bonds. The summed E-state index contributed by atoms with van der Waals surface area (Å²) in [5, 5.41) is 3.32. The van der Waals surface area contributed by atoms with Gasteiger partial charge in [-0.3, -0.25) is 0 Å². The zero-order valence-corrected chi connectivity index (χ0v) is 8.33. The van der Waals surface area contributed by atoms with Crippen LogP contribution in [0.25, 0.3) is 0 Å². The Balaban J connectivity index is 2.60. The molecule has 1 saturated carbocycles. The zero-order valence-electron chi connectivity index (χ0n) is 8.33. The van der Waals surface area contributed by atoms with Crippen LogP contribution >= 0.6 is 0 Å². The second-order valence-electron chi connectivity index (χ2n) is 4.91. The van der Waals surface area contributed by atoms with Crippen LogP contribution in [0.4, 0.5) is 0 Å². The molecular formula is C10H21N. The first kappa shape index (κ1) is 9.05. The van der Waals surface area contributed by atoms with Gasteiger partial charge in [-0.25, -0.2) is 0 Å². The largest absolute Gasteiger partial charge is 0.319 e. The lowest BCUT2D eigenvalue weighted by molar-refractivity contribution is -0.000187. The molecule has 0 aliphatic heterocycles. The maximum absolute atomic E-state index is 3.32. The standard InChI is InChI=1S/C10H21N/c1-9(2,3)10(8-11-4)6-5-7-10/h11H,5-8H2,1-4H3. The Hall–Kier alpha value is -0.0400. The summed E-state index contributed by atoms with van der Waals surface area (Å²) in [6, 6.07) is 0. The first-order valence-corrected chi connectivity index (χ1v) is 4.66. The van der Waals surface area contributed by atoms with Gasteiger partial charge in [0.05, 0.1) is 0 Å². The van der Waals surface area contributed by atoms with Gasteiger partial charge in [0.25, 0.3) is 0 Å². The topological polar surface area (TPSA) is 12.0 Å². The Kier molecular flexibility index (Phi) is 2.29. The lowest BCUT2D eigenvalue weighted by Gasteiger charge is -2.52. The Bertz CT molecular complexity index is 128. The summed E-state index contributed by atoms with van der Waals surface area (Å²) in [4.78, 5) is 0. The van der Waals surface area contributed by atoms with Crippen molar-refractivity contribution in [2.75, 3.05) is 13.6 Å². The Labute approximate surface area is 70.6 Å². The van der Waals surface area contributed by atoms with Crippen molar-refractivity contribution < 1.29 is 0 Å². The van der Waals surface area contributed by atoms with Crippen molar-refractivity contribution in [3.05, 3.63) is 0 Å². The van der Waals surface area contributed by atoms with Crippen molar-refractivity contribution in [1.82, 2.24) is 5.32 Å². The minimum atomic E-state index is 0.480. The molecule has 11 heavy (non-hydrogen) atoms. The SMILES string of the molecule is CNCC1(C(C)(C)C)CCC1. The molecule has 1 fully saturated rings. The fourth-order valence-corrected chi connectivity index (χ4v) is 2.13. The van der Waals surface area contributed by atoms with Crippen LogP contribution in [0.3, 0.4) is 0 Å². The van der Waals surface area contributed by atoms with Crippen molar-refractivity contribution in [3.8, 4) is 0 Å². The fourth-order valence-electron chi connectivity index (χ4n) is 2.13. The molecule has 1 aliphatic rings. The quantitative estimate of drug-likeness (QED) is 0.646. The molecule has 1 nitrogen and oxygen atoms in total. The highest BCUT2D eigenvalue weighted by molar-refractivity contribution is 4.97. The average molecular weight is 155 g/mol. The predicted molar refractivity (Wildman–Crippen MR) is 49.7 cm³/mol. The highest BCUT2D eigenvalue weighted by Gasteiger charge is 2.45. The van der Waals surface area contributed by atoms with E-state index in [0.717, 1.165) is 0 Å². The molecule has 66 valence electrons. The molecule has 0 radical (unpaired) electrons.